The third-order valence-electron chi connectivity index (χ3n) is 3.65. The van der Waals surface area contributed by atoms with E-state index in [2.05, 4.69) is 21.0 Å². The molecule has 5 nitrogen and oxygen atoms in total. The lowest BCUT2D eigenvalue weighted by Gasteiger charge is -2.09. The zero-order valence-electron chi connectivity index (χ0n) is 12.7. The molecule has 2 heterocycles. The van der Waals surface area contributed by atoms with Crippen molar-refractivity contribution in [3.8, 4) is 11.5 Å². The lowest BCUT2D eigenvalue weighted by molar-refractivity contribution is 0.304. The van der Waals surface area contributed by atoms with E-state index >= 15 is 0 Å². The van der Waals surface area contributed by atoms with Crippen LogP contribution in [0.1, 0.15) is 17.1 Å². The Morgan fingerprint density at radius 2 is 2.14 bits per heavy atom. The van der Waals surface area contributed by atoms with Crippen molar-refractivity contribution in [2.45, 2.75) is 25.6 Å². The fourth-order valence-corrected chi connectivity index (χ4v) is 3.10. The lowest BCUT2D eigenvalue weighted by atomic mass is 10.2. The molecule has 3 rings (SSSR count). The largest absolute Gasteiger partial charge is 0.497 e. The first-order valence-electron chi connectivity index (χ1n) is 7.48. The van der Waals surface area contributed by atoms with Gasteiger partial charge in [0.15, 0.2) is 0 Å². The SMILES string of the molecule is COc1ccc(OCc2nc(CNC3CCNC3)cs2)cc1. The van der Waals surface area contributed by atoms with Gasteiger partial charge in [0.1, 0.15) is 23.1 Å². The smallest absolute Gasteiger partial charge is 0.140 e. The molecule has 0 spiro atoms. The third kappa shape index (κ3) is 4.19. The number of thiazole rings is 1. The molecule has 1 aliphatic rings. The normalized spacial score (nSPS) is 17.6. The highest BCUT2D eigenvalue weighted by atomic mass is 32.1. The quantitative estimate of drug-likeness (QED) is 0.819. The molecule has 22 heavy (non-hydrogen) atoms. The molecule has 0 amide bonds. The van der Waals surface area contributed by atoms with E-state index in [1.54, 1.807) is 18.4 Å². The fourth-order valence-electron chi connectivity index (χ4n) is 2.39. The second-order valence-electron chi connectivity index (χ2n) is 5.27. The second kappa shape index (κ2) is 7.58. The predicted molar refractivity (Wildman–Crippen MR) is 87.6 cm³/mol. The van der Waals surface area contributed by atoms with Crippen molar-refractivity contribution in [2.75, 3.05) is 20.2 Å². The maximum atomic E-state index is 5.74. The van der Waals surface area contributed by atoms with E-state index < -0.39 is 0 Å². The number of nitrogens with zero attached hydrogens (tertiary/aromatic N) is 1. The Morgan fingerprint density at radius 1 is 1.32 bits per heavy atom. The average molecular weight is 319 g/mol. The molecule has 2 aromatic rings. The number of rotatable bonds is 7. The molecule has 0 saturated carbocycles. The molecule has 0 aliphatic carbocycles. The summed E-state index contributed by atoms with van der Waals surface area (Å²) < 4.78 is 10.9. The van der Waals surface area contributed by atoms with E-state index in [0.29, 0.717) is 12.6 Å². The fraction of sp³-hybridized carbons (Fsp3) is 0.438. The lowest BCUT2D eigenvalue weighted by Crippen LogP contribution is -2.30. The highest BCUT2D eigenvalue weighted by Gasteiger charge is 2.13. The molecule has 1 fully saturated rings. The molecule has 0 radical (unpaired) electrons. The molecule has 1 aromatic carbocycles. The van der Waals surface area contributed by atoms with Crippen LogP contribution in [0.2, 0.25) is 0 Å². The second-order valence-corrected chi connectivity index (χ2v) is 6.21. The number of aromatic nitrogens is 1. The van der Waals surface area contributed by atoms with Crippen LogP contribution in [0.15, 0.2) is 29.6 Å². The molecule has 118 valence electrons. The van der Waals surface area contributed by atoms with Crippen molar-refractivity contribution >= 4 is 11.3 Å². The van der Waals surface area contributed by atoms with Gasteiger partial charge in [-0.25, -0.2) is 4.98 Å². The Balaban J connectivity index is 1.46. The van der Waals surface area contributed by atoms with Crippen LogP contribution in [0.4, 0.5) is 0 Å². The average Bonchev–Trinajstić information content (AvgIpc) is 3.23. The number of benzene rings is 1. The van der Waals surface area contributed by atoms with E-state index in [1.807, 2.05) is 24.3 Å². The van der Waals surface area contributed by atoms with Gasteiger partial charge in [-0.3, -0.25) is 0 Å². The number of nitrogens with one attached hydrogen (secondary N) is 2. The summed E-state index contributed by atoms with van der Waals surface area (Å²) in [6, 6.07) is 8.16. The van der Waals surface area contributed by atoms with Crippen molar-refractivity contribution in [2.24, 2.45) is 0 Å². The van der Waals surface area contributed by atoms with Crippen molar-refractivity contribution in [3.05, 3.63) is 40.3 Å². The molecule has 1 atom stereocenters. The molecule has 1 aromatic heterocycles. The van der Waals surface area contributed by atoms with Gasteiger partial charge in [-0.05, 0) is 37.2 Å². The molecule has 0 bridgehead atoms. The summed E-state index contributed by atoms with van der Waals surface area (Å²) in [7, 11) is 1.66. The van der Waals surface area contributed by atoms with Crippen LogP contribution in [0, 0.1) is 0 Å². The Kier molecular flexibility index (Phi) is 5.26. The monoisotopic (exact) mass is 319 g/mol. The number of methoxy groups -OCH3 is 1. The van der Waals surface area contributed by atoms with Crippen molar-refractivity contribution in [3.63, 3.8) is 0 Å². The summed E-state index contributed by atoms with van der Waals surface area (Å²) in [5, 5.41) is 9.97. The molecule has 6 heteroatoms. The first-order valence-corrected chi connectivity index (χ1v) is 8.35. The van der Waals surface area contributed by atoms with Crippen LogP contribution >= 0.6 is 11.3 Å². The van der Waals surface area contributed by atoms with Gasteiger partial charge in [-0.1, -0.05) is 0 Å². The molecular formula is C16H21N3O2S. The first kappa shape index (κ1) is 15.3. The van der Waals surface area contributed by atoms with Gasteiger partial charge in [-0.2, -0.15) is 0 Å². The third-order valence-corrected chi connectivity index (χ3v) is 4.52. The van der Waals surface area contributed by atoms with E-state index in [-0.39, 0.29) is 0 Å². The maximum absolute atomic E-state index is 5.74. The Bertz CT molecular complexity index is 579. The Morgan fingerprint density at radius 3 is 2.86 bits per heavy atom. The highest BCUT2D eigenvalue weighted by molar-refractivity contribution is 7.09. The van der Waals surface area contributed by atoms with Gasteiger partial charge in [-0.15, -0.1) is 11.3 Å². The van der Waals surface area contributed by atoms with Crippen molar-refractivity contribution < 1.29 is 9.47 Å². The number of hydrogen-bond donors (Lipinski definition) is 2. The van der Waals surface area contributed by atoms with Crippen LogP contribution in [0.3, 0.4) is 0 Å². The van der Waals surface area contributed by atoms with E-state index in [4.69, 9.17) is 9.47 Å². The minimum absolute atomic E-state index is 0.502. The van der Waals surface area contributed by atoms with Crippen LogP contribution in [-0.2, 0) is 13.2 Å². The summed E-state index contributed by atoms with van der Waals surface area (Å²) in [6.07, 6.45) is 1.19. The topological polar surface area (TPSA) is 55.4 Å². The zero-order valence-corrected chi connectivity index (χ0v) is 13.5. The van der Waals surface area contributed by atoms with Gasteiger partial charge in [0.05, 0.1) is 12.8 Å². The standard InChI is InChI=1S/C16H21N3O2S/c1-20-14-2-4-15(5-3-14)21-10-16-19-13(11-22-16)9-18-12-6-7-17-8-12/h2-5,11-12,17-18H,6-10H2,1H3. The summed E-state index contributed by atoms with van der Waals surface area (Å²) in [5.74, 6) is 1.66. The van der Waals surface area contributed by atoms with Gasteiger partial charge in [0, 0.05) is 24.5 Å². The van der Waals surface area contributed by atoms with Crippen LogP contribution in [-0.4, -0.2) is 31.2 Å². The van der Waals surface area contributed by atoms with Gasteiger partial charge >= 0.3 is 0 Å². The minimum atomic E-state index is 0.502. The summed E-state index contributed by atoms with van der Waals surface area (Å²) >= 11 is 1.64. The molecular weight excluding hydrogens is 298 g/mol. The summed E-state index contributed by atoms with van der Waals surface area (Å²) in [4.78, 5) is 4.61. The van der Waals surface area contributed by atoms with E-state index in [1.165, 1.54) is 6.42 Å². The number of hydrogen-bond acceptors (Lipinski definition) is 6. The number of ether oxygens (including phenoxy) is 2. The van der Waals surface area contributed by atoms with E-state index in [9.17, 15) is 0 Å². The summed E-state index contributed by atoms with van der Waals surface area (Å²) in [6.45, 7) is 3.49. The highest BCUT2D eigenvalue weighted by Crippen LogP contribution is 2.19. The van der Waals surface area contributed by atoms with E-state index in [0.717, 1.165) is 41.8 Å². The summed E-state index contributed by atoms with van der Waals surface area (Å²) in [5.41, 5.74) is 1.09. The van der Waals surface area contributed by atoms with Gasteiger partial charge in [0.2, 0.25) is 0 Å². The van der Waals surface area contributed by atoms with Crippen LogP contribution < -0.4 is 20.1 Å². The maximum Gasteiger partial charge on any atom is 0.140 e. The first-order chi connectivity index (χ1) is 10.8. The van der Waals surface area contributed by atoms with Gasteiger partial charge in [0.25, 0.3) is 0 Å². The zero-order chi connectivity index (χ0) is 15.2. The Hall–Kier alpha value is -1.63. The predicted octanol–water partition coefficient (Wildman–Crippen LogP) is 2.18. The Labute approximate surface area is 134 Å². The van der Waals surface area contributed by atoms with Crippen LogP contribution in [0.25, 0.3) is 0 Å². The van der Waals surface area contributed by atoms with Crippen molar-refractivity contribution in [1.82, 2.24) is 15.6 Å². The molecule has 1 unspecified atom stereocenters. The van der Waals surface area contributed by atoms with Crippen LogP contribution in [0.5, 0.6) is 11.5 Å². The molecule has 1 saturated heterocycles. The van der Waals surface area contributed by atoms with Crippen molar-refractivity contribution in [1.29, 1.82) is 0 Å². The molecule has 2 N–H and O–H groups in total. The molecule has 1 aliphatic heterocycles. The van der Waals surface area contributed by atoms with Gasteiger partial charge < -0.3 is 20.1 Å². The minimum Gasteiger partial charge on any atom is -0.497 e.